The molecule has 2 heterocycles. The second-order valence-electron chi connectivity index (χ2n) is 4.69. The number of halogens is 2. The zero-order valence-electron chi connectivity index (χ0n) is 11.8. The van der Waals surface area contributed by atoms with Crippen molar-refractivity contribution in [2.24, 2.45) is 5.16 Å². The van der Waals surface area contributed by atoms with Crippen LogP contribution in [0.15, 0.2) is 63.1 Å². The molecule has 116 valence electrons. The third-order valence-electron chi connectivity index (χ3n) is 3.06. The van der Waals surface area contributed by atoms with Gasteiger partial charge in [-0.15, -0.1) is 0 Å². The standard InChI is InChI=1S/C16H11BrClN3O2/c17-12-5-6-15-20-13(7-16(22)21(15)9-12)10-23-19-8-11-3-1-2-4-14(11)18/h1-9H,10H2/b19-8-. The number of pyridine rings is 1. The van der Waals surface area contributed by atoms with Crippen LogP contribution in [0.5, 0.6) is 0 Å². The molecule has 0 amide bonds. The molecular weight excluding hydrogens is 382 g/mol. The van der Waals surface area contributed by atoms with Crippen LogP contribution in [0.1, 0.15) is 11.3 Å². The number of nitrogens with zero attached hydrogens (tertiary/aromatic N) is 3. The first-order valence-corrected chi connectivity index (χ1v) is 7.88. The van der Waals surface area contributed by atoms with E-state index in [0.717, 1.165) is 10.0 Å². The maximum atomic E-state index is 12.0. The minimum atomic E-state index is -0.176. The molecule has 23 heavy (non-hydrogen) atoms. The molecule has 0 saturated heterocycles. The molecule has 3 rings (SSSR count). The summed E-state index contributed by atoms with van der Waals surface area (Å²) in [5.74, 6) is 0. The molecule has 0 unspecified atom stereocenters. The van der Waals surface area contributed by atoms with Crippen LogP contribution in [0.2, 0.25) is 5.02 Å². The van der Waals surface area contributed by atoms with Gasteiger partial charge in [0, 0.05) is 27.3 Å². The maximum absolute atomic E-state index is 12.0. The highest BCUT2D eigenvalue weighted by Gasteiger charge is 2.03. The predicted molar refractivity (Wildman–Crippen MR) is 93.0 cm³/mol. The molecule has 1 aromatic carbocycles. The predicted octanol–water partition coefficient (Wildman–Crippen LogP) is 3.66. The van der Waals surface area contributed by atoms with Crippen LogP contribution in [-0.2, 0) is 11.4 Å². The van der Waals surface area contributed by atoms with Gasteiger partial charge >= 0.3 is 0 Å². The molecule has 0 radical (unpaired) electrons. The zero-order chi connectivity index (χ0) is 16.2. The monoisotopic (exact) mass is 391 g/mol. The molecule has 7 heteroatoms. The van der Waals surface area contributed by atoms with Crippen LogP contribution in [0.3, 0.4) is 0 Å². The summed E-state index contributed by atoms with van der Waals surface area (Å²) in [4.78, 5) is 21.6. The molecular formula is C16H11BrClN3O2. The molecule has 2 aromatic heterocycles. The first-order valence-electron chi connectivity index (χ1n) is 6.71. The Morgan fingerprint density at radius 1 is 1.30 bits per heavy atom. The van der Waals surface area contributed by atoms with Crippen molar-refractivity contribution in [2.45, 2.75) is 6.61 Å². The van der Waals surface area contributed by atoms with E-state index in [-0.39, 0.29) is 12.2 Å². The van der Waals surface area contributed by atoms with Crippen LogP contribution >= 0.6 is 27.5 Å². The second-order valence-corrected chi connectivity index (χ2v) is 6.01. The summed E-state index contributed by atoms with van der Waals surface area (Å²) in [5, 5.41) is 4.45. The van der Waals surface area contributed by atoms with E-state index in [1.54, 1.807) is 18.3 Å². The lowest BCUT2D eigenvalue weighted by molar-refractivity contribution is 0.129. The Morgan fingerprint density at radius 2 is 2.13 bits per heavy atom. The Labute approximate surface area is 145 Å². The third-order valence-corrected chi connectivity index (χ3v) is 3.87. The minimum absolute atomic E-state index is 0.1000. The fraction of sp³-hybridized carbons (Fsp3) is 0.0625. The summed E-state index contributed by atoms with van der Waals surface area (Å²) in [6.45, 7) is 0.1000. The van der Waals surface area contributed by atoms with E-state index in [1.807, 2.05) is 24.3 Å². The van der Waals surface area contributed by atoms with Gasteiger partial charge in [0.05, 0.1) is 11.9 Å². The average molecular weight is 393 g/mol. The van der Waals surface area contributed by atoms with Crippen molar-refractivity contribution < 1.29 is 4.84 Å². The molecule has 0 aliphatic heterocycles. The SMILES string of the molecule is O=c1cc(CO/N=C\c2ccccc2Cl)nc2ccc(Br)cn12. The van der Waals surface area contributed by atoms with Crippen molar-refractivity contribution in [1.82, 2.24) is 9.38 Å². The van der Waals surface area contributed by atoms with E-state index >= 15 is 0 Å². The summed E-state index contributed by atoms with van der Waals surface area (Å²) < 4.78 is 2.27. The summed E-state index contributed by atoms with van der Waals surface area (Å²) in [6, 6.07) is 12.3. The van der Waals surface area contributed by atoms with E-state index in [1.165, 1.54) is 16.7 Å². The molecule has 0 aliphatic carbocycles. The van der Waals surface area contributed by atoms with Crippen LogP contribution < -0.4 is 5.56 Å². The van der Waals surface area contributed by atoms with Gasteiger partial charge in [-0.05, 0) is 34.1 Å². The highest BCUT2D eigenvalue weighted by atomic mass is 79.9. The quantitative estimate of drug-likeness (QED) is 0.503. The first kappa shape index (κ1) is 15.7. The lowest BCUT2D eigenvalue weighted by atomic mass is 10.2. The van der Waals surface area contributed by atoms with Gasteiger partial charge in [-0.25, -0.2) is 4.98 Å². The van der Waals surface area contributed by atoms with Gasteiger partial charge in [-0.1, -0.05) is 35.0 Å². The lowest BCUT2D eigenvalue weighted by Gasteiger charge is -2.03. The van der Waals surface area contributed by atoms with Crippen LogP contribution in [0, 0.1) is 0 Å². The number of benzene rings is 1. The molecule has 3 aromatic rings. The Kier molecular flexibility index (Phi) is 4.73. The Morgan fingerprint density at radius 3 is 2.96 bits per heavy atom. The van der Waals surface area contributed by atoms with Crippen molar-refractivity contribution in [3.63, 3.8) is 0 Å². The summed E-state index contributed by atoms with van der Waals surface area (Å²) in [7, 11) is 0. The normalized spacial score (nSPS) is 11.2. The molecule has 5 nitrogen and oxygen atoms in total. The summed E-state index contributed by atoms with van der Waals surface area (Å²) in [5.41, 5.74) is 1.64. The van der Waals surface area contributed by atoms with Gasteiger partial charge in [0.2, 0.25) is 0 Å². The number of oxime groups is 1. The molecule has 0 spiro atoms. The zero-order valence-corrected chi connectivity index (χ0v) is 14.2. The van der Waals surface area contributed by atoms with Gasteiger partial charge in [0.1, 0.15) is 5.65 Å². The van der Waals surface area contributed by atoms with Crippen molar-refractivity contribution in [3.8, 4) is 0 Å². The summed E-state index contributed by atoms with van der Waals surface area (Å²) >= 11 is 9.33. The molecule has 0 saturated carbocycles. The molecule has 0 atom stereocenters. The largest absolute Gasteiger partial charge is 0.389 e. The fourth-order valence-electron chi connectivity index (χ4n) is 1.98. The van der Waals surface area contributed by atoms with Gasteiger partial charge in [0.25, 0.3) is 5.56 Å². The third kappa shape index (κ3) is 3.78. The van der Waals surface area contributed by atoms with Gasteiger partial charge in [-0.3, -0.25) is 9.20 Å². The highest BCUT2D eigenvalue weighted by Crippen LogP contribution is 2.12. The van der Waals surface area contributed by atoms with E-state index in [4.69, 9.17) is 16.4 Å². The van der Waals surface area contributed by atoms with Crippen molar-refractivity contribution in [2.75, 3.05) is 0 Å². The smallest absolute Gasteiger partial charge is 0.258 e. The Balaban J connectivity index is 1.74. The van der Waals surface area contributed by atoms with E-state index in [2.05, 4.69) is 26.1 Å². The van der Waals surface area contributed by atoms with Crippen LogP contribution in [0.4, 0.5) is 0 Å². The van der Waals surface area contributed by atoms with Gasteiger partial charge in [0.15, 0.2) is 6.61 Å². The molecule has 0 aliphatic rings. The van der Waals surface area contributed by atoms with Crippen molar-refractivity contribution >= 4 is 39.4 Å². The van der Waals surface area contributed by atoms with Crippen LogP contribution in [0.25, 0.3) is 5.65 Å². The van der Waals surface area contributed by atoms with E-state index in [0.29, 0.717) is 16.4 Å². The maximum Gasteiger partial charge on any atom is 0.258 e. The first-order chi connectivity index (χ1) is 11.1. The summed E-state index contributed by atoms with van der Waals surface area (Å²) in [6.07, 6.45) is 3.19. The number of fused-ring (bicyclic) bond motifs is 1. The average Bonchev–Trinajstić information content (AvgIpc) is 2.54. The van der Waals surface area contributed by atoms with Gasteiger partial charge in [-0.2, -0.15) is 0 Å². The molecule has 0 N–H and O–H groups in total. The van der Waals surface area contributed by atoms with Crippen molar-refractivity contribution in [3.05, 3.63) is 79.8 Å². The van der Waals surface area contributed by atoms with Gasteiger partial charge < -0.3 is 4.84 Å². The number of hydrogen-bond acceptors (Lipinski definition) is 4. The van der Waals surface area contributed by atoms with Crippen molar-refractivity contribution in [1.29, 1.82) is 0 Å². The molecule has 0 bridgehead atoms. The number of rotatable bonds is 4. The fourth-order valence-corrected chi connectivity index (χ4v) is 2.50. The Hall–Kier alpha value is -2.18. The van der Waals surface area contributed by atoms with E-state index in [9.17, 15) is 4.79 Å². The highest BCUT2D eigenvalue weighted by molar-refractivity contribution is 9.10. The number of aromatic nitrogens is 2. The second kappa shape index (κ2) is 6.93. The van der Waals surface area contributed by atoms with E-state index < -0.39 is 0 Å². The molecule has 0 fully saturated rings. The lowest BCUT2D eigenvalue weighted by Crippen LogP contribution is -2.15. The number of hydrogen-bond donors (Lipinski definition) is 0. The minimum Gasteiger partial charge on any atom is -0.389 e. The van der Waals surface area contributed by atoms with Crippen LogP contribution in [-0.4, -0.2) is 15.6 Å². The topological polar surface area (TPSA) is 56.0 Å². The Bertz CT molecular complexity index is 940.